The fourth-order valence-electron chi connectivity index (χ4n) is 0.789. The first kappa shape index (κ1) is 14.4. The molecule has 0 aliphatic carbocycles. The summed E-state index contributed by atoms with van der Waals surface area (Å²) in [6.45, 7) is 8.17. The minimum atomic E-state index is -0.285. The van der Waals surface area contributed by atoms with Crippen LogP contribution in [0.5, 0.6) is 0 Å². The summed E-state index contributed by atoms with van der Waals surface area (Å²) in [7, 11) is 0. The molecule has 0 saturated heterocycles. The van der Waals surface area contributed by atoms with Crippen LogP contribution < -0.4 is 0 Å². The van der Waals surface area contributed by atoms with E-state index in [1.165, 1.54) is 15.2 Å². The smallest absolute Gasteiger partial charge is 0.330 e. The second kappa shape index (κ2) is 7.68. The molecule has 0 atom stereocenters. The van der Waals surface area contributed by atoms with E-state index >= 15 is 0 Å². The molecule has 0 N–H and O–H groups in total. The van der Waals surface area contributed by atoms with Crippen molar-refractivity contribution in [2.45, 2.75) is 27.7 Å². The zero-order valence-corrected chi connectivity index (χ0v) is 11.8. The fourth-order valence-corrected chi connectivity index (χ4v) is 0.969. The zero-order chi connectivity index (χ0) is 11.8. The van der Waals surface area contributed by atoms with Crippen LogP contribution >= 0.6 is 22.6 Å². The Morgan fingerprint density at radius 3 is 2.33 bits per heavy atom. The average Bonchev–Trinajstić information content (AvgIpc) is 2.14. The molecule has 0 fully saturated rings. The number of allylic oxidation sites excluding steroid dienone is 5. The Kier molecular flexibility index (Phi) is 7.38. The third-order valence-electron chi connectivity index (χ3n) is 1.77. The largest absolute Gasteiger partial charge is 0.463 e. The molecular weight excluding hydrogens is 303 g/mol. The van der Waals surface area contributed by atoms with Gasteiger partial charge in [-0.2, -0.15) is 0 Å². The van der Waals surface area contributed by atoms with E-state index in [0.29, 0.717) is 6.61 Å². The molecule has 0 saturated carbocycles. The zero-order valence-electron chi connectivity index (χ0n) is 9.63. The Labute approximate surface area is 105 Å². The second-order valence-electron chi connectivity index (χ2n) is 3.19. The summed E-state index contributed by atoms with van der Waals surface area (Å²) in [6.07, 6.45) is 5.40. The van der Waals surface area contributed by atoms with Gasteiger partial charge in [0.1, 0.15) is 0 Å². The van der Waals surface area contributed by atoms with Crippen LogP contribution in [-0.2, 0) is 9.53 Å². The highest BCUT2D eigenvalue weighted by Crippen LogP contribution is 2.12. The van der Waals surface area contributed by atoms with Crippen LogP contribution in [0, 0.1) is 0 Å². The lowest BCUT2D eigenvalue weighted by Gasteiger charge is -1.97. The highest BCUT2D eigenvalue weighted by molar-refractivity contribution is 14.1. The van der Waals surface area contributed by atoms with Gasteiger partial charge in [0, 0.05) is 6.08 Å². The summed E-state index contributed by atoms with van der Waals surface area (Å²) < 4.78 is 6.05. The standard InChI is InChI=1S/C12H17IO2/c1-5-15-12(14)8-9(2)6-7-10(3)11(4)13/h6-8H,5H2,1-4H3/b7-6+,9-8+,11-10-. The van der Waals surface area contributed by atoms with Crippen molar-refractivity contribution in [2.75, 3.05) is 6.61 Å². The van der Waals surface area contributed by atoms with Crippen LogP contribution in [0.4, 0.5) is 0 Å². The van der Waals surface area contributed by atoms with E-state index in [-0.39, 0.29) is 5.97 Å². The van der Waals surface area contributed by atoms with Crippen molar-refractivity contribution < 1.29 is 9.53 Å². The minimum absolute atomic E-state index is 0.285. The van der Waals surface area contributed by atoms with Crippen LogP contribution in [0.15, 0.2) is 33.0 Å². The number of esters is 1. The van der Waals surface area contributed by atoms with Gasteiger partial charge in [0.05, 0.1) is 6.61 Å². The lowest BCUT2D eigenvalue weighted by atomic mass is 10.2. The molecule has 0 aromatic heterocycles. The molecule has 0 unspecified atom stereocenters. The number of hydrogen-bond donors (Lipinski definition) is 0. The summed E-state index contributed by atoms with van der Waals surface area (Å²) in [5.41, 5.74) is 2.10. The quantitative estimate of drug-likeness (QED) is 0.341. The van der Waals surface area contributed by atoms with Crippen molar-refractivity contribution in [3.8, 4) is 0 Å². The van der Waals surface area contributed by atoms with E-state index < -0.39 is 0 Å². The summed E-state index contributed by atoms with van der Waals surface area (Å²) in [6, 6.07) is 0. The molecule has 0 aliphatic heterocycles. The Morgan fingerprint density at radius 1 is 1.27 bits per heavy atom. The first-order chi connectivity index (χ1) is 6.97. The Bertz CT molecular complexity index is 308. The van der Waals surface area contributed by atoms with Crippen molar-refractivity contribution in [3.05, 3.63) is 33.0 Å². The number of carbonyl (C=O) groups excluding carboxylic acids is 1. The van der Waals surface area contributed by atoms with E-state index in [1.54, 1.807) is 6.92 Å². The van der Waals surface area contributed by atoms with Crippen LogP contribution in [-0.4, -0.2) is 12.6 Å². The molecule has 2 nitrogen and oxygen atoms in total. The number of hydrogen-bond acceptors (Lipinski definition) is 2. The normalized spacial score (nSPS) is 14.1. The van der Waals surface area contributed by atoms with Gasteiger partial charge in [0.25, 0.3) is 0 Å². The molecule has 15 heavy (non-hydrogen) atoms. The molecular formula is C12H17IO2. The molecule has 0 amide bonds. The monoisotopic (exact) mass is 320 g/mol. The third kappa shape index (κ3) is 7.36. The van der Waals surface area contributed by atoms with Crippen molar-refractivity contribution in [1.29, 1.82) is 0 Å². The molecule has 84 valence electrons. The van der Waals surface area contributed by atoms with Crippen LogP contribution in [0.3, 0.4) is 0 Å². The van der Waals surface area contributed by atoms with Gasteiger partial charge >= 0.3 is 5.97 Å². The maximum Gasteiger partial charge on any atom is 0.330 e. The van der Waals surface area contributed by atoms with E-state index in [1.807, 2.05) is 32.9 Å². The van der Waals surface area contributed by atoms with Crippen LogP contribution in [0.25, 0.3) is 0 Å². The van der Waals surface area contributed by atoms with Crippen molar-refractivity contribution in [1.82, 2.24) is 0 Å². The van der Waals surface area contributed by atoms with Gasteiger partial charge in [-0.1, -0.05) is 12.2 Å². The Morgan fingerprint density at radius 2 is 1.87 bits per heavy atom. The Hall–Kier alpha value is -0.580. The van der Waals surface area contributed by atoms with Gasteiger partial charge < -0.3 is 4.74 Å². The number of rotatable bonds is 4. The lowest BCUT2D eigenvalue weighted by molar-refractivity contribution is -0.137. The van der Waals surface area contributed by atoms with Gasteiger partial charge in [0.2, 0.25) is 0 Å². The van der Waals surface area contributed by atoms with Gasteiger partial charge in [-0.15, -0.1) is 0 Å². The molecule has 0 aromatic rings. The number of carbonyl (C=O) groups is 1. The molecule has 0 rings (SSSR count). The third-order valence-corrected chi connectivity index (χ3v) is 2.62. The van der Waals surface area contributed by atoms with E-state index in [0.717, 1.165) is 5.57 Å². The number of ether oxygens (including phenoxy) is 1. The molecule has 0 bridgehead atoms. The molecule has 0 spiro atoms. The van der Waals surface area contributed by atoms with Crippen molar-refractivity contribution in [3.63, 3.8) is 0 Å². The minimum Gasteiger partial charge on any atom is -0.463 e. The molecule has 0 heterocycles. The summed E-state index contributed by atoms with van der Waals surface area (Å²) in [5, 5.41) is 0. The van der Waals surface area contributed by atoms with Gasteiger partial charge in [-0.3, -0.25) is 0 Å². The summed E-state index contributed by atoms with van der Waals surface area (Å²) in [4.78, 5) is 11.1. The predicted octanol–water partition coefficient (Wildman–Crippen LogP) is 3.78. The first-order valence-electron chi connectivity index (χ1n) is 4.83. The van der Waals surface area contributed by atoms with Gasteiger partial charge in [-0.05, 0) is 65.0 Å². The molecule has 0 aliphatic rings. The van der Waals surface area contributed by atoms with E-state index in [9.17, 15) is 4.79 Å². The van der Waals surface area contributed by atoms with Crippen molar-refractivity contribution >= 4 is 28.6 Å². The lowest BCUT2D eigenvalue weighted by Crippen LogP contribution is -1.99. The molecule has 0 radical (unpaired) electrons. The van der Waals surface area contributed by atoms with E-state index in [2.05, 4.69) is 22.6 Å². The molecule has 0 aromatic carbocycles. The predicted molar refractivity (Wildman–Crippen MR) is 71.9 cm³/mol. The summed E-state index contributed by atoms with van der Waals surface area (Å²) >= 11 is 2.27. The maximum absolute atomic E-state index is 11.1. The van der Waals surface area contributed by atoms with E-state index in [4.69, 9.17) is 4.74 Å². The summed E-state index contributed by atoms with van der Waals surface area (Å²) in [5.74, 6) is -0.285. The van der Waals surface area contributed by atoms with Gasteiger partial charge in [0.15, 0.2) is 0 Å². The Balaban J connectivity index is 4.43. The van der Waals surface area contributed by atoms with Crippen molar-refractivity contribution in [2.24, 2.45) is 0 Å². The topological polar surface area (TPSA) is 26.3 Å². The van der Waals surface area contributed by atoms with Crippen LogP contribution in [0.2, 0.25) is 0 Å². The second-order valence-corrected chi connectivity index (χ2v) is 4.81. The number of halogens is 1. The maximum atomic E-state index is 11.1. The fraction of sp³-hybridized carbons (Fsp3) is 0.417. The van der Waals surface area contributed by atoms with Crippen LogP contribution in [0.1, 0.15) is 27.7 Å². The average molecular weight is 320 g/mol. The SMILES string of the molecule is CCOC(=O)/C=C(C)/C=C/C(C)=C(/C)I. The van der Waals surface area contributed by atoms with Gasteiger partial charge in [-0.25, -0.2) is 4.79 Å². The highest BCUT2D eigenvalue weighted by atomic mass is 127. The first-order valence-corrected chi connectivity index (χ1v) is 5.91. The molecule has 3 heteroatoms. The highest BCUT2D eigenvalue weighted by Gasteiger charge is 1.95.